The van der Waals surface area contributed by atoms with Gasteiger partial charge in [0.15, 0.2) is 0 Å². The van der Waals surface area contributed by atoms with E-state index in [4.69, 9.17) is 9.47 Å². The second kappa shape index (κ2) is 9.25. The molecule has 174 valence electrons. The third kappa shape index (κ3) is 5.35. The third-order valence-electron chi connectivity index (χ3n) is 5.92. The van der Waals surface area contributed by atoms with Gasteiger partial charge in [-0.3, -0.25) is 9.59 Å². The van der Waals surface area contributed by atoms with E-state index in [9.17, 15) is 14.4 Å². The number of carbonyl (C=O) groups is 3. The van der Waals surface area contributed by atoms with Crippen molar-refractivity contribution in [2.24, 2.45) is 0 Å². The van der Waals surface area contributed by atoms with Gasteiger partial charge in [-0.15, -0.1) is 0 Å². The number of amides is 2. The molecule has 0 aliphatic carbocycles. The first kappa shape index (κ1) is 22.8. The first-order valence-corrected chi connectivity index (χ1v) is 11.4. The van der Waals surface area contributed by atoms with E-state index in [0.717, 1.165) is 12.8 Å². The van der Waals surface area contributed by atoms with Gasteiger partial charge in [-0.25, -0.2) is 4.79 Å². The van der Waals surface area contributed by atoms with E-state index in [1.165, 1.54) is 0 Å². The zero-order valence-corrected chi connectivity index (χ0v) is 19.2. The average Bonchev–Trinajstić information content (AvgIpc) is 3.21. The van der Waals surface area contributed by atoms with Crippen LogP contribution in [0.2, 0.25) is 0 Å². The fraction of sp³-hybridized carbons (Fsp3) is 0.423. The van der Waals surface area contributed by atoms with Crippen molar-refractivity contribution in [1.29, 1.82) is 0 Å². The minimum atomic E-state index is -0.656. The number of hydrogen-bond donors (Lipinski definition) is 1. The number of carbonyl (C=O) groups excluding carboxylic acids is 3. The number of hydrogen-bond acceptors (Lipinski definition) is 5. The number of ether oxygens (including phenoxy) is 2. The number of nitrogens with one attached hydrogen (secondary N) is 1. The lowest BCUT2D eigenvalue weighted by molar-refractivity contribution is -0.165. The lowest BCUT2D eigenvalue weighted by Crippen LogP contribution is -2.58. The second-order valence-electron chi connectivity index (χ2n) is 9.57. The number of nitrogens with zero attached hydrogens (tertiary/aromatic N) is 1. The highest BCUT2D eigenvalue weighted by Crippen LogP contribution is 2.34. The maximum atomic E-state index is 13.2. The Hall–Kier alpha value is -3.35. The molecule has 2 aromatic rings. The number of esters is 1. The predicted octanol–water partition coefficient (Wildman–Crippen LogP) is 4.07. The van der Waals surface area contributed by atoms with E-state index in [2.05, 4.69) is 5.32 Å². The molecule has 2 heterocycles. The van der Waals surface area contributed by atoms with Crippen molar-refractivity contribution in [3.8, 4) is 11.5 Å². The number of rotatable bonds is 5. The normalized spacial score (nSPS) is 22.5. The number of fused-ring (bicyclic) bond motifs is 1. The first-order valence-electron chi connectivity index (χ1n) is 11.4. The van der Waals surface area contributed by atoms with E-state index in [-0.39, 0.29) is 23.8 Å². The Balaban J connectivity index is 1.39. The Labute approximate surface area is 194 Å². The van der Waals surface area contributed by atoms with Crippen molar-refractivity contribution in [1.82, 2.24) is 10.2 Å². The van der Waals surface area contributed by atoms with Crippen molar-refractivity contribution in [2.75, 3.05) is 0 Å². The largest absolute Gasteiger partial charge is 0.458 e. The van der Waals surface area contributed by atoms with Crippen LogP contribution in [-0.4, -0.2) is 46.4 Å². The molecule has 2 aliphatic heterocycles. The molecule has 33 heavy (non-hydrogen) atoms. The standard InChI is InChI=1S/C26H30N2O5/c1-26(2,3)33-25(31)22-16-12-18-11-15-21(24(30)28(18)22)27-23(29)17-9-13-20(14-10-17)32-19-7-5-4-6-8-19/h4-10,13-14,18,21-22H,11-12,15-16H2,1-3H3,(H,27,29). The lowest BCUT2D eigenvalue weighted by atomic mass is 9.97. The van der Waals surface area contributed by atoms with Crippen LogP contribution < -0.4 is 10.1 Å². The first-order chi connectivity index (χ1) is 15.7. The van der Waals surface area contributed by atoms with Crippen LogP contribution >= 0.6 is 0 Å². The third-order valence-corrected chi connectivity index (χ3v) is 5.92. The zero-order chi connectivity index (χ0) is 23.6. The van der Waals surface area contributed by atoms with Gasteiger partial charge in [0, 0.05) is 11.6 Å². The molecule has 2 amide bonds. The van der Waals surface area contributed by atoms with Gasteiger partial charge in [0.25, 0.3) is 5.91 Å². The van der Waals surface area contributed by atoms with Gasteiger partial charge in [-0.05, 0) is 82.9 Å². The van der Waals surface area contributed by atoms with Crippen LogP contribution in [0.15, 0.2) is 54.6 Å². The molecule has 2 fully saturated rings. The Bertz CT molecular complexity index is 1010. The molecule has 3 unspecified atom stereocenters. The van der Waals surface area contributed by atoms with Gasteiger partial charge in [-0.2, -0.15) is 0 Å². The summed E-state index contributed by atoms with van der Waals surface area (Å²) in [6.07, 6.45) is 2.68. The Morgan fingerprint density at radius 3 is 2.21 bits per heavy atom. The highest BCUT2D eigenvalue weighted by molar-refractivity contribution is 5.98. The SMILES string of the molecule is CC(C)(C)OC(=O)C1CCC2CCC(NC(=O)c3ccc(Oc4ccccc4)cc3)C(=O)N21. The van der Waals surface area contributed by atoms with Crippen LogP contribution in [0.1, 0.15) is 56.8 Å². The van der Waals surface area contributed by atoms with Crippen LogP contribution in [0.25, 0.3) is 0 Å². The smallest absolute Gasteiger partial charge is 0.329 e. The van der Waals surface area contributed by atoms with E-state index in [1.807, 2.05) is 51.1 Å². The van der Waals surface area contributed by atoms with Crippen molar-refractivity contribution in [2.45, 2.75) is 70.2 Å². The van der Waals surface area contributed by atoms with Gasteiger partial charge in [0.1, 0.15) is 29.2 Å². The number of para-hydroxylation sites is 1. The molecule has 0 aromatic heterocycles. The van der Waals surface area contributed by atoms with Crippen molar-refractivity contribution in [3.05, 3.63) is 60.2 Å². The summed E-state index contributed by atoms with van der Waals surface area (Å²) in [6, 6.07) is 15.0. The van der Waals surface area contributed by atoms with Crippen molar-refractivity contribution < 1.29 is 23.9 Å². The molecule has 3 atom stereocenters. The fourth-order valence-electron chi connectivity index (χ4n) is 4.44. The second-order valence-corrected chi connectivity index (χ2v) is 9.57. The molecule has 1 N–H and O–H groups in total. The molecule has 0 spiro atoms. The van der Waals surface area contributed by atoms with E-state index in [1.54, 1.807) is 29.2 Å². The maximum absolute atomic E-state index is 13.2. The minimum absolute atomic E-state index is 0.0255. The quantitative estimate of drug-likeness (QED) is 0.694. The molecule has 2 saturated heterocycles. The Morgan fingerprint density at radius 2 is 1.55 bits per heavy atom. The van der Waals surface area contributed by atoms with E-state index >= 15 is 0 Å². The summed E-state index contributed by atoms with van der Waals surface area (Å²) in [5.41, 5.74) is -0.173. The Morgan fingerprint density at radius 1 is 0.909 bits per heavy atom. The van der Waals surface area contributed by atoms with Crippen molar-refractivity contribution >= 4 is 17.8 Å². The topological polar surface area (TPSA) is 84.9 Å². The zero-order valence-electron chi connectivity index (χ0n) is 19.2. The molecule has 0 radical (unpaired) electrons. The molecular formula is C26H30N2O5. The van der Waals surface area contributed by atoms with Crippen LogP contribution in [0.5, 0.6) is 11.5 Å². The summed E-state index contributed by atoms with van der Waals surface area (Å²) in [5, 5.41) is 2.85. The highest BCUT2D eigenvalue weighted by Gasteiger charge is 2.47. The minimum Gasteiger partial charge on any atom is -0.458 e. The maximum Gasteiger partial charge on any atom is 0.329 e. The van der Waals surface area contributed by atoms with E-state index < -0.39 is 17.7 Å². The molecule has 4 rings (SSSR count). The van der Waals surface area contributed by atoms with Crippen LogP contribution in [0.3, 0.4) is 0 Å². The van der Waals surface area contributed by atoms with Gasteiger partial charge in [-0.1, -0.05) is 18.2 Å². The summed E-state index contributed by atoms with van der Waals surface area (Å²) in [4.78, 5) is 40.3. The monoisotopic (exact) mass is 450 g/mol. The molecule has 0 saturated carbocycles. The van der Waals surface area contributed by atoms with E-state index in [0.29, 0.717) is 29.9 Å². The molecular weight excluding hydrogens is 420 g/mol. The molecule has 2 aromatic carbocycles. The van der Waals surface area contributed by atoms with Gasteiger partial charge in [0.2, 0.25) is 5.91 Å². The predicted molar refractivity (Wildman–Crippen MR) is 123 cm³/mol. The average molecular weight is 451 g/mol. The highest BCUT2D eigenvalue weighted by atomic mass is 16.6. The van der Waals surface area contributed by atoms with Gasteiger partial charge < -0.3 is 19.7 Å². The fourth-order valence-corrected chi connectivity index (χ4v) is 4.44. The number of benzene rings is 2. The molecule has 7 heteroatoms. The summed E-state index contributed by atoms with van der Waals surface area (Å²) in [5.74, 6) is 0.413. The summed E-state index contributed by atoms with van der Waals surface area (Å²) < 4.78 is 11.3. The summed E-state index contributed by atoms with van der Waals surface area (Å²) in [6.45, 7) is 5.44. The molecule has 7 nitrogen and oxygen atoms in total. The van der Waals surface area contributed by atoms with Crippen LogP contribution in [-0.2, 0) is 14.3 Å². The molecule has 2 aliphatic rings. The lowest BCUT2D eigenvalue weighted by Gasteiger charge is -2.38. The van der Waals surface area contributed by atoms with Gasteiger partial charge in [0.05, 0.1) is 0 Å². The summed E-state index contributed by atoms with van der Waals surface area (Å²) >= 11 is 0. The molecule has 0 bridgehead atoms. The van der Waals surface area contributed by atoms with Crippen LogP contribution in [0, 0.1) is 0 Å². The van der Waals surface area contributed by atoms with Crippen molar-refractivity contribution in [3.63, 3.8) is 0 Å². The Kier molecular flexibility index (Phi) is 6.40. The number of piperidine rings is 1. The van der Waals surface area contributed by atoms with Gasteiger partial charge >= 0.3 is 5.97 Å². The summed E-state index contributed by atoms with van der Waals surface area (Å²) in [7, 11) is 0. The van der Waals surface area contributed by atoms with Crippen LogP contribution in [0.4, 0.5) is 0 Å².